The van der Waals surface area contributed by atoms with Crippen LogP contribution < -0.4 is 5.32 Å². The lowest BCUT2D eigenvalue weighted by Crippen LogP contribution is -2.45. The monoisotopic (exact) mass is 832 g/mol. The fraction of sp³-hybridized carbons (Fsp3) is 0.887. The van der Waals surface area contributed by atoms with Crippen molar-refractivity contribution in [1.29, 1.82) is 0 Å². The number of amides is 1. The van der Waals surface area contributed by atoms with Crippen molar-refractivity contribution in [2.75, 3.05) is 13.2 Å². The molecule has 6 heteroatoms. The van der Waals surface area contributed by atoms with Gasteiger partial charge in [-0.25, -0.2) is 0 Å². The average Bonchev–Trinajstić information content (AvgIpc) is 3.24. The van der Waals surface area contributed by atoms with Crippen LogP contribution in [0.3, 0.4) is 0 Å². The van der Waals surface area contributed by atoms with Crippen molar-refractivity contribution in [3.8, 4) is 0 Å². The Hall–Kier alpha value is -1.66. The van der Waals surface area contributed by atoms with Crippen LogP contribution in [0.2, 0.25) is 0 Å². The second kappa shape index (κ2) is 49.0. The van der Waals surface area contributed by atoms with Crippen molar-refractivity contribution in [3.63, 3.8) is 0 Å². The Balaban J connectivity index is 3.54. The summed E-state index contributed by atoms with van der Waals surface area (Å²) in [6, 6.07) is -0.579. The molecule has 2 unspecified atom stereocenters. The first kappa shape index (κ1) is 57.3. The van der Waals surface area contributed by atoms with Crippen LogP contribution in [-0.2, 0) is 14.3 Å². The maximum atomic E-state index is 12.4. The SMILES string of the molecule is CCCCCCC/C=C\CCCCCCCC(=O)OCCCCCC/C=C\CCCC(=O)NC(CO)C(O)CCCCCCCCCCCCCCCCCCCCC. The highest BCUT2D eigenvalue weighted by molar-refractivity contribution is 5.76. The van der Waals surface area contributed by atoms with Crippen molar-refractivity contribution in [3.05, 3.63) is 24.3 Å². The number of nitrogens with one attached hydrogen (secondary N) is 1. The van der Waals surface area contributed by atoms with E-state index in [2.05, 4.69) is 43.5 Å². The average molecular weight is 832 g/mol. The van der Waals surface area contributed by atoms with Gasteiger partial charge in [-0.2, -0.15) is 0 Å². The van der Waals surface area contributed by atoms with E-state index >= 15 is 0 Å². The Bertz CT molecular complexity index is 920. The van der Waals surface area contributed by atoms with Crippen molar-refractivity contribution in [2.24, 2.45) is 0 Å². The molecular weight excluding hydrogens is 731 g/mol. The van der Waals surface area contributed by atoms with Gasteiger partial charge in [0.15, 0.2) is 0 Å². The van der Waals surface area contributed by atoms with Crippen LogP contribution in [0.1, 0.15) is 277 Å². The van der Waals surface area contributed by atoms with Crippen molar-refractivity contribution in [1.82, 2.24) is 5.32 Å². The summed E-state index contributed by atoms with van der Waals surface area (Å²) in [5, 5.41) is 23.2. The number of unbranched alkanes of at least 4 members (excludes halogenated alkanes) is 33. The molecule has 1 amide bonds. The van der Waals surface area contributed by atoms with Gasteiger partial charge >= 0.3 is 5.97 Å². The summed E-state index contributed by atoms with van der Waals surface area (Å²) >= 11 is 0. The van der Waals surface area contributed by atoms with Gasteiger partial charge in [-0.15, -0.1) is 0 Å². The van der Waals surface area contributed by atoms with E-state index in [1.165, 1.54) is 173 Å². The molecule has 0 aliphatic heterocycles. The van der Waals surface area contributed by atoms with E-state index in [0.717, 1.165) is 70.6 Å². The predicted molar refractivity (Wildman–Crippen MR) is 255 cm³/mol. The van der Waals surface area contributed by atoms with E-state index in [4.69, 9.17) is 4.74 Å². The second-order valence-corrected chi connectivity index (χ2v) is 17.8. The van der Waals surface area contributed by atoms with Gasteiger partial charge in [0, 0.05) is 12.8 Å². The fourth-order valence-corrected chi connectivity index (χ4v) is 7.93. The minimum atomic E-state index is -0.696. The number of carbonyl (C=O) groups excluding carboxylic acids is 2. The van der Waals surface area contributed by atoms with Crippen LogP contribution in [0.4, 0.5) is 0 Å². The minimum absolute atomic E-state index is 0.0439. The van der Waals surface area contributed by atoms with Crippen LogP contribution in [0.15, 0.2) is 24.3 Å². The van der Waals surface area contributed by atoms with Gasteiger partial charge in [-0.1, -0.05) is 218 Å². The largest absolute Gasteiger partial charge is 0.466 e. The first-order chi connectivity index (χ1) is 29.0. The number of hydrogen-bond acceptors (Lipinski definition) is 5. The zero-order valence-electron chi connectivity index (χ0n) is 39.5. The first-order valence-electron chi connectivity index (χ1n) is 26.1. The molecule has 59 heavy (non-hydrogen) atoms. The predicted octanol–water partition coefficient (Wildman–Crippen LogP) is 15.5. The molecule has 0 aliphatic rings. The van der Waals surface area contributed by atoms with E-state index in [-0.39, 0.29) is 18.5 Å². The number of aliphatic hydroxyl groups is 2. The molecule has 6 nitrogen and oxygen atoms in total. The maximum Gasteiger partial charge on any atom is 0.305 e. The fourth-order valence-electron chi connectivity index (χ4n) is 7.93. The summed E-state index contributed by atoms with van der Waals surface area (Å²) in [6.45, 7) is 4.85. The van der Waals surface area contributed by atoms with E-state index in [9.17, 15) is 19.8 Å². The number of rotatable bonds is 48. The number of carbonyl (C=O) groups is 2. The van der Waals surface area contributed by atoms with E-state index in [0.29, 0.717) is 25.9 Å². The van der Waals surface area contributed by atoms with Crippen LogP contribution >= 0.6 is 0 Å². The third-order valence-electron chi connectivity index (χ3n) is 12.0. The summed E-state index contributed by atoms with van der Waals surface area (Å²) < 4.78 is 5.43. The molecule has 0 bridgehead atoms. The highest BCUT2D eigenvalue weighted by Crippen LogP contribution is 2.16. The lowest BCUT2D eigenvalue weighted by molar-refractivity contribution is -0.143. The molecule has 0 aliphatic carbocycles. The Morgan fingerprint density at radius 3 is 1.24 bits per heavy atom. The smallest absolute Gasteiger partial charge is 0.305 e. The van der Waals surface area contributed by atoms with Crippen molar-refractivity contribution in [2.45, 2.75) is 289 Å². The zero-order chi connectivity index (χ0) is 43.0. The molecule has 0 heterocycles. The van der Waals surface area contributed by atoms with Crippen molar-refractivity contribution >= 4 is 11.9 Å². The molecule has 0 spiro atoms. The quantitative estimate of drug-likeness (QED) is 0.0322. The first-order valence-corrected chi connectivity index (χ1v) is 26.1. The van der Waals surface area contributed by atoms with Crippen molar-refractivity contribution < 1.29 is 24.5 Å². The third kappa shape index (κ3) is 45.7. The summed E-state index contributed by atoms with van der Waals surface area (Å²) in [6.07, 6.45) is 57.3. The molecule has 0 saturated carbocycles. The molecule has 0 aromatic carbocycles. The van der Waals surface area contributed by atoms with Gasteiger partial charge in [-0.05, 0) is 70.6 Å². The summed E-state index contributed by atoms with van der Waals surface area (Å²) in [5.74, 6) is -0.139. The molecule has 348 valence electrons. The number of ether oxygens (including phenoxy) is 1. The molecule has 3 N–H and O–H groups in total. The van der Waals surface area contributed by atoms with E-state index < -0.39 is 12.1 Å². The highest BCUT2D eigenvalue weighted by atomic mass is 16.5. The topological polar surface area (TPSA) is 95.9 Å². The maximum absolute atomic E-state index is 12.4. The van der Waals surface area contributed by atoms with Gasteiger partial charge in [0.2, 0.25) is 5.91 Å². The van der Waals surface area contributed by atoms with Crippen LogP contribution in [0, 0.1) is 0 Å². The number of allylic oxidation sites excluding steroid dienone is 4. The van der Waals surface area contributed by atoms with Gasteiger partial charge in [0.05, 0.1) is 25.4 Å². The van der Waals surface area contributed by atoms with E-state index in [1.54, 1.807) is 0 Å². The Labute approximate surface area is 367 Å². The Morgan fingerprint density at radius 2 is 0.814 bits per heavy atom. The molecule has 0 fully saturated rings. The summed E-state index contributed by atoms with van der Waals surface area (Å²) in [5.41, 5.74) is 0. The highest BCUT2D eigenvalue weighted by Gasteiger charge is 2.20. The van der Waals surface area contributed by atoms with E-state index in [1.807, 2.05) is 0 Å². The second-order valence-electron chi connectivity index (χ2n) is 17.8. The summed E-state index contributed by atoms with van der Waals surface area (Å²) in [4.78, 5) is 24.5. The van der Waals surface area contributed by atoms with Gasteiger partial charge in [0.25, 0.3) is 0 Å². The zero-order valence-corrected chi connectivity index (χ0v) is 39.5. The Morgan fingerprint density at radius 1 is 0.458 bits per heavy atom. The molecular formula is C53H101NO5. The lowest BCUT2D eigenvalue weighted by atomic mass is 10.0. The number of aliphatic hydroxyl groups excluding tert-OH is 2. The van der Waals surface area contributed by atoms with Gasteiger partial charge in [0.1, 0.15) is 0 Å². The molecule has 0 saturated heterocycles. The molecule has 0 aromatic rings. The minimum Gasteiger partial charge on any atom is -0.466 e. The molecule has 2 atom stereocenters. The number of hydrogen-bond donors (Lipinski definition) is 3. The van der Waals surface area contributed by atoms with Crippen LogP contribution in [0.25, 0.3) is 0 Å². The Kier molecular flexibility index (Phi) is 47.6. The summed E-state index contributed by atoms with van der Waals surface area (Å²) in [7, 11) is 0. The van der Waals surface area contributed by atoms with Crippen LogP contribution in [0.5, 0.6) is 0 Å². The molecule has 0 aromatic heterocycles. The van der Waals surface area contributed by atoms with Gasteiger partial charge < -0.3 is 20.3 Å². The molecule has 0 radical (unpaired) electrons. The van der Waals surface area contributed by atoms with Crippen LogP contribution in [-0.4, -0.2) is 47.4 Å². The third-order valence-corrected chi connectivity index (χ3v) is 12.0. The molecule has 0 rings (SSSR count). The standard InChI is InChI=1S/C53H101NO5/c1-3-5-7-9-11-13-15-17-19-20-21-22-23-24-26-29-33-37-41-45-51(56)50(49-55)54-52(57)46-42-38-34-30-28-32-36-40-44-48-59-53(58)47-43-39-35-31-27-25-18-16-14-12-10-8-6-4-2/h16,18,30,34,50-51,55-56H,3-15,17,19-29,31-33,35-49H2,1-2H3,(H,54,57)/b18-16-,34-30-. The number of esters is 1. The lowest BCUT2D eigenvalue weighted by Gasteiger charge is -2.22. The van der Waals surface area contributed by atoms with Gasteiger partial charge in [-0.3, -0.25) is 9.59 Å². The normalized spacial score (nSPS) is 12.8.